The first-order valence-electron chi connectivity index (χ1n) is 5.52. The summed E-state index contributed by atoms with van der Waals surface area (Å²) in [6.07, 6.45) is 0. The molecule has 3 unspecified atom stereocenters. The van der Waals surface area contributed by atoms with E-state index in [9.17, 15) is 5.11 Å². The molecule has 1 aromatic carbocycles. The number of hydrazine groups is 1. The van der Waals surface area contributed by atoms with Gasteiger partial charge in [-0.3, -0.25) is 5.43 Å². The summed E-state index contributed by atoms with van der Waals surface area (Å²) in [7, 11) is 1.67. The quantitative estimate of drug-likeness (QED) is 0.709. The Morgan fingerprint density at radius 3 is 2.75 bits per heavy atom. The van der Waals surface area contributed by atoms with E-state index in [-0.39, 0.29) is 24.6 Å². The lowest BCUT2D eigenvalue weighted by Gasteiger charge is -2.20. The molecule has 3 N–H and O–H groups in total. The first-order valence-corrected chi connectivity index (χ1v) is 5.52. The smallest absolute Gasteiger partial charge is 0.123 e. The molecule has 0 bridgehead atoms. The van der Waals surface area contributed by atoms with Crippen molar-refractivity contribution in [3.05, 3.63) is 29.8 Å². The average molecular weight is 222 g/mol. The fourth-order valence-electron chi connectivity index (χ4n) is 2.22. The number of aliphatic hydroxyl groups is 1. The van der Waals surface area contributed by atoms with Gasteiger partial charge in [-0.15, -0.1) is 0 Å². The SMILES string of the molecule is COc1ccccc1C1NNC(C)C1CO. The second-order valence-corrected chi connectivity index (χ2v) is 4.14. The summed E-state index contributed by atoms with van der Waals surface area (Å²) in [5.41, 5.74) is 7.45. The highest BCUT2D eigenvalue weighted by molar-refractivity contribution is 5.37. The second-order valence-electron chi connectivity index (χ2n) is 4.14. The number of ether oxygens (including phenoxy) is 1. The molecule has 16 heavy (non-hydrogen) atoms. The van der Waals surface area contributed by atoms with Crippen LogP contribution < -0.4 is 15.6 Å². The predicted molar refractivity (Wildman–Crippen MR) is 62.0 cm³/mol. The zero-order chi connectivity index (χ0) is 11.5. The molecule has 1 saturated heterocycles. The topological polar surface area (TPSA) is 53.5 Å². The zero-order valence-corrected chi connectivity index (χ0v) is 9.60. The summed E-state index contributed by atoms with van der Waals surface area (Å²) in [5, 5.41) is 9.41. The van der Waals surface area contributed by atoms with Gasteiger partial charge in [-0.2, -0.15) is 0 Å². The molecule has 3 atom stereocenters. The number of aliphatic hydroxyl groups excluding tert-OH is 1. The van der Waals surface area contributed by atoms with E-state index in [1.807, 2.05) is 24.3 Å². The predicted octanol–water partition coefficient (Wildman–Crippen LogP) is 0.841. The highest BCUT2D eigenvalue weighted by atomic mass is 16.5. The van der Waals surface area contributed by atoms with E-state index in [2.05, 4.69) is 17.8 Å². The minimum absolute atomic E-state index is 0.0937. The van der Waals surface area contributed by atoms with Gasteiger partial charge >= 0.3 is 0 Å². The van der Waals surface area contributed by atoms with Crippen LogP contribution in [0.3, 0.4) is 0 Å². The molecule has 1 fully saturated rings. The van der Waals surface area contributed by atoms with E-state index in [0.717, 1.165) is 11.3 Å². The van der Waals surface area contributed by atoms with Gasteiger partial charge in [0.25, 0.3) is 0 Å². The van der Waals surface area contributed by atoms with Crippen molar-refractivity contribution in [3.8, 4) is 5.75 Å². The molecule has 1 aliphatic heterocycles. The minimum atomic E-state index is 0.0937. The van der Waals surface area contributed by atoms with E-state index in [4.69, 9.17) is 4.74 Å². The Hall–Kier alpha value is -1.10. The van der Waals surface area contributed by atoms with Crippen molar-refractivity contribution in [2.75, 3.05) is 13.7 Å². The number of nitrogens with one attached hydrogen (secondary N) is 2. The third-order valence-corrected chi connectivity index (χ3v) is 3.22. The molecule has 0 aromatic heterocycles. The van der Waals surface area contributed by atoms with Crippen LogP contribution in [0.1, 0.15) is 18.5 Å². The highest BCUT2D eigenvalue weighted by Crippen LogP contribution is 2.33. The van der Waals surface area contributed by atoms with Gasteiger partial charge in [0.15, 0.2) is 0 Å². The Morgan fingerprint density at radius 2 is 2.06 bits per heavy atom. The van der Waals surface area contributed by atoms with Gasteiger partial charge in [0.05, 0.1) is 13.2 Å². The molecule has 0 saturated carbocycles. The molecule has 88 valence electrons. The molecule has 4 nitrogen and oxygen atoms in total. The minimum Gasteiger partial charge on any atom is -0.496 e. The normalized spacial score (nSPS) is 29.3. The molecule has 1 aliphatic rings. The summed E-state index contributed by atoms with van der Waals surface area (Å²) in [5.74, 6) is 1.02. The van der Waals surface area contributed by atoms with Crippen LogP contribution in [0.15, 0.2) is 24.3 Å². The van der Waals surface area contributed by atoms with Gasteiger partial charge in [0.1, 0.15) is 5.75 Å². The van der Waals surface area contributed by atoms with Crippen LogP contribution >= 0.6 is 0 Å². The van der Waals surface area contributed by atoms with Crippen molar-refractivity contribution in [1.82, 2.24) is 10.9 Å². The largest absolute Gasteiger partial charge is 0.496 e. The fourth-order valence-corrected chi connectivity index (χ4v) is 2.22. The maximum atomic E-state index is 9.41. The van der Waals surface area contributed by atoms with Crippen molar-refractivity contribution < 1.29 is 9.84 Å². The maximum absolute atomic E-state index is 9.41. The average Bonchev–Trinajstić information content (AvgIpc) is 2.70. The Balaban J connectivity index is 2.29. The molecule has 2 rings (SSSR count). The first kappa shape index (κ1) is 11.4. The fraction of sp³-hybridized carbons (Fsp3) is 0.500. The van der Waals surface area contributed by atoms with E-state index < -0.39 is 0 Å². The number of hydrogen-bond donors (Lipinski definition) is 3. The standard InChI is InChI=1S/C12H18N2O2/c1-8-10(7-15)12(14-13-8)9-5-3-4-6-11(9)16-2/h3-6,8,10,12-15H,7H2,1-2H3. The van der Waals surface area contributed by atoms with Gasteiger partial charge in [-0.05, 0) is 13.0 Å². The Bertz CT molecular complexity index is 357. The molecular weight excluding hydrogens is 204 g/mol. The number of para-hydroxylation sites is 1. The molecule has 1 aromatic rings. The molecular formula is C12H18N2O2. The summed E-state index contributed by atoms with van der Waals surface area (Å²) in [4.78, 5) is 0. The van der Waals surface area contributed by atoms with Crippen LogP contribution in [-0.4, -0.2) is 24.9 Å². The lowest BCUT2D eigenvalue weighted by molar-refractivity contribution is 0.203. The van der Waals surface area contributed by atoms with Crippen LogP contribution in [0.5, 0.6) is 5.75 Å². The second kappa shape index (κ2) is 4.82. The lowest BCUT2D eigenvalue weighted by Crippen LogP contribution is -2.29. The molecule has 0 amide bonds. The maximum Gasteiger partial charge on any atom is 0.123 e. The zero-order valence-electron chi connectivity index (χ0n) is 9.60. The van der Waals surface area contributed by atoms with Gasteiger partial charge < -0.3 is 9.84 Å². The molecule has 0 spiro atoms. The number of rotatable bonds is 3. The lowest BCUT2D eigenvalue weighted by atomic mass is 9.90. The van der Waals surface area contributed by atoms with Crippen molar-refractivity contribution in [1.29, 1.82) is 0 Å². The first-order chi connectivity index (χ1) is 7.77. The van der Waals surface area contributed by atoms with Gasteiger partial charge in [0, 0.05) is 24.1 Å². The van der Waals surface area contributed by atoms with E-state index in [1.165, 1.54) is 0 Å². The summed E-state index contributed by atoms with van der Waals surface area (Å²) in [6, 6.07) is 8.24. The molecule has 0 aliphatic carbocycles. The van der Waals surface area contributed by atoms with Gasteiger partial charge in [-0.25, -0.2) is 5.43 Å². The number of methoxy groups -OCH3 is 1. The van der Waals surface area contributed by atoms with Crippen molar-refractivity contribution in [2.24, 2.45) is 5.92 Å². The van der Waals surface area contributed by atoms with E-state index >= 15 is 0 Å². The van der Waals surface area contributed by atoms with Crippen LogP contribution in [-0.2, 0) is 0 Å². The summed E-state index contributed by atoms with van der Waals surface area (Å²) >= 11 is 0. The van der Waals surface area contributed by atoms with Crippen molar-refractivity contribution in [2.45, 2.75) is 19.0 Å². The third-order valence-electron chi connectivity index (χ3n) is 3.22. The Morgan fingerprint density at radius 1 is 1.31 bits per heavy atom. The van der Waals surface area contributed by atoms with Crippen LogP contribution in [0.25, 0.3) is 0 Å². The molecule has 0 radical (unpaired) electrons. The molecule has 1 heterocycles. The Kier molecular flexibility index (Phi) is 3.43. The van der Waals surface area contributed by atoms with E-state index in [0.29, 0.717) is 0 Å². The van der Waals surface area contributed by atoms with Crippen LogP contribution in [0, 0.1) is 5.92 Å². The summed E-state index contributed by atoms with van der Waals surface area (Å²) < 4.78 is 5.34. The van der Waals surface area contributed by atoms with Crippen molar-refractivity contribution >= 4 is 0 Å². The van der Waals surface area contributed by atoms with E-state index in [1.54, 1.807) is 7.11 Å². The Labute approximate surface area is 95.6 Å². The summed E-state index contributed by atoms with van der Waals surface area (Å²) in [6.45, 7) is 2.22. The molecule has 4 heteroatoms. The number of hydrogen-bond acceptors (Lipinski definition) is 4. The van der Waals surface area contributed by atoms with Crippen molar-refractivity contribution in [3.63, 3.8) is 0 Å². The highest BCUT2D eigenvalue weighted by Gasteiger charge is 2.34. The van der Waals surface area contributed by atoms with Gasteiger partial charge in [-0.1, -0.05) is 18.2 Å². The third kappa shape index (κ3) is 1.91. The van der Waals surface area contributed by atoms with Crippen LogP contribution in [0.2, 0.25) is 0 Å². The van der Waals surface area contributed by atoms with Crippen LogP contribution in [0.4, 0.5) is 0 Å². The number of benzene rings is 1. The van der Waals surface area contributed by atoms with Gasteiger partial charge in [0.2, 0.25) is 0 Å². The monoisotopic (exact) mass is 222 g/mol.